The lowest BCUT2D eigenvalue weighted by molar-refractivity contribution is 0.140. The third-order valence-corrected chi connectivity index (χ3v) is 3.25. The fraction of sp³-hybridized carbons (Fsp3) is 0.600. The van der Waals surface area contributed by atoms with Crippen molar-refractivity contribution < 1.29 is 18.9 Å². The Bertz CT molecular complexity index is 405. The van der Waals surface area contributed by atoms with Crippen LogP contribution in [0.15, 0.2) is 18.2 Å². The molecule has 1 N–H and O–H groups in total. The van der Waals surface area contributed by atoms with Crippen LogP contribution in [-0.4, -0.2) is 46.7 Å². The van der Waals surface area contributed by atoms with Crippen molar-refractivity contribution in [1.29, 1.82) is 0 Å². The van der Waals surface area contributed by atoms with Crippen LogP contribution in [0.4, 0.5) is 0 Å². The average Bonchev–Trinajstić information content (AvgIpc) is 2.98. The molecular formula is C15H23NO4. The maximum absolute atomic E-state index is 6.01. The van der Waals surface area contributed by atoms with E-state index >= 15 is 0 Å². The van der Waals surface area contributed by atoms with Gasteiger partial charge in [0.05, 0.1) is 26.9 Å². The summed E-state index contributed by atoms with van der Waals surface area (Å²) in [5.74, 6) is 1.73. The second kappa shape index (κ2) is 8.09. The van der Waals surface area contributed by atoms with E-state index in [-0.39, 0.29) is 6.10 Å². The molecule has 112 valence electrons. The quantitative estimate of drug-likeness (QED) is 0.733. The Labute approximate surface area is 120 Å². The molecule has 0 bridgehead atoms. The minimum Gasteiger partial charge on any atom is -0.497 e. The van der Waals surface area contributed by atoms with Crippen LogP contribution in [0.25, 0.3) is 0 Å². The second-order valence-electron chi connectivity index (χ2n) is 4.75. The summed E-state index contributed by atoms with van der Waals surface area (Å²) in [5.41, 5.74) is 1.09. The Morgan fingerprint density at radius 1 is 1.35 bits per heavy atom. The smallest absolute Gasteiger partial charge is 0.124 e. The highest BCUT2D eigenvalue weighted by Crippen LogP contribution is 2.26. The van der Waals surface area contributed by atoms with Gasteiger partial charge in [0.15, 0.2) is 0 Å². The van der Waals surface area contributed by atoms with Crippen molar-refractivity contribution in [2.24, 2.45) is 0 Å². The molecule has 1 heterocycles. The van der Waals surface area contributed by atoms with Crippen molar-refractivity contribution in [3.05, 3.63) is 23.8 Å². The molecule has 5 heteroatoms. The Kier molecular flexibility index (Phi) is 6.11. The molecule has 5 nitrogen and oxygen atoms in total. The predicted molar refractivity (Wildman–Crippen MR) is 76.4 cm³/mol. The van der Waals surface area contributed by atoms with Gasteiger partial charge in [-0.3, -0.25) is 0 Å². The number of hydrogen-bond acceptors (Lipinski definition) is 5. The van der Waals surface area contributed by atoms with E-state index in [9.17, 15) is 0 Å². The van der Waals surface area contributed by atoms with Crippen LogP contribution in [0.1, 0.15) is 12.0 Å². The lowest BCUT2D eigenvalue weighted by Gasteiger charge is -2.17. The molecule has 0 aromatic heterocycles. The molecule has 0 amide bonds. The number of benzene rings is 1. The number of rotatable bonds is 8. The van der Waals surface area contributed by atoms with E-state index in [1.165, 1.54) is 0 Å². The van der Waals surface area contributed by atoms with E-state index in [0.717, 1.165) is 43.2 Å². The average molecular weight is 281 g/mol. The van der Waals surface area contributed by atoms with E-state index in [4.69, 9.17) is 18.9 Å². The summed E-state index contributed by atoms with van der Waals surface area (Å²) in [4.78, 5) is 0. The molecule has 1 saturated heterocycles. The van der Waals surface area contributed by atoms with Gasteiger partial charge in [-0.05, 0) is 18.2 Å². The number of ether oxygens (including phenoxy) is 4. The SMILES string of the molecule is COCCNCc1cc(OC)ccc1OC1CCOC1. The third-order valence-electron chi connectivity index (χ3n) is 3.25. The van der Waals surface area contributed by atoms with Gasteiger partial charge >= 0.3 is 0 Å². The lowest BCUT2D eigenvalue weighted by Crippen LogP contribution is -2.21. The largest absolute Gasteiger partial charge is 0.497 e. The summed E-state index contributed by atoms with van der Waals surface area (Å²) in [7, 11) is 3.37. The second-order valence-corrected chi connectivity index (χ2v) is 4.75. The standard InChI is InChI=1S/C15H23NO4/c1-17-8-6-16-10-12-9-13(18-2)3-4-15(12)20-14-5-7-19-11-14/h3-4,9,14,16H,5-8,10-11H2,1-2H3. The number of hydrogen-bond donors (Lipinski definition) is 1. The summed E-state index contributed by atoms with van der Waals surface area (Å²) in [6.07, 6.45) is 1.10. The maximum atomic E-state index is 6.01. The first-order valence-electron chi connectivity index (χ1n) is 6.94. The van der Waals surface area contributed by atoms with Crippen molar-refractivity contribution in [3.8, 4) is 11.5 Å². The van der Waals surface area contributed by atoms with E-state index in [1.54, 1.807) is 14.2 Å². The van der Waals surface area contributed by atoms with Gasteiger partial charge in [0.1, 0.15) is 17.6 Å². The van der Waals surface area contributed by atoms with Crippen LogP contribution < -0.4 is 14.8 Å². The third kappa shape index (κ3) is 4.37. The highest BCUT2D eigenvalue weighted by molar-refractivity contribution is 5.40. The fourth-order valence-corrected chi connectivity index (χ4v) is 2.12. The molecule has 0 radical (unpaired) electrons. The zero-order chi connectivity index (χ0) is 14.2. The van der Waals surface area contributed by atoms with Gasteiger partial charge in [0.25, 0.3) is 0 Å². The van der Waals surface area contributed by atoms with Gasteiger partial charge in [-0.25, -0.2) is 0 Å². The summed E-state index contributed by atoms with van der Waals surface area (Å²) in [6.45, 7) is 3.67. The summed E-state index contributed by atoms with van der Waals surface area (Å²) in [6, 6.07) is 5.89. The first kappa shape index (κ1) is 15.1. The minimum atomic E-state index is 0.154. The molecule has 0 spiro atoms. The van der Waals surface area contributed by atoms with Crippen LogP contribution in [0.5, 0.6) is 11.5 Å². The Morgan fingerprint density at radius 2 is 2.25 bits per heavy atom. The molecular weight excluding hydrogens is 258 g/mol. The van der Waals surface area contributed by atoms with Gasteiger partial charge in [-0.2, -0.15) is 0 Å². The highest BCUT2D eigenvalue weighted by Gasteiger charge is 2.18. The molecule has 1 aliphatic rings. The van der Waals surface area contributed by atoms with Crippen molar-refractivity contribution in [2.75, 3.05) is 40.6 Å². The monoisotopic (exact) mass is 281 g/mol. The first-order valence-corrected chi connectivity index (χ1v) is 6.94. The van der Waals surface area contributed by atoms with Gasteiger partial charge < -0.3 is 24.3 Å². The van der Waals surface area contributed by atoms with Crippen LogP contribution in [0.3, 0.4) is 0 Å². The molecule has 1 atom stereocenters. The molecule has 2 rings (SSSR count). The predicted octanol–water partition coefficient (Wildman–Crippen LogP) is 1.60. The van der Waals surface area contributed by atoms with Crippen LogP contribution in [0, 0.1) is 0 Å². The molecule has 0 aliphatic carbocycles. The van der Waals surface area contributed by atoms with Gasteiger partial charge in [-0.15, -0.1) is 0 Å². The van der Waals surface area contributed by atoms with Gasteiger partial charge in [0, 0.05) is 32.2 Å². The van der Waals surface area contributed by atoms with Crippen LogP contribution in [0.2, 0.25) is 0 Å². The van der Waals surface area contributed by atoms with Gasteiger partial charge in [-0.1, -0.05) is 0 Å². The molecule has 0 saturated carbocycles. The highest BCUT2D eigenvalue weighted by atomic mass is 16.5. The van der Waals surface area contributed by atoms with Crippen LogP contribution >= 0.6 is 0 Å². The normalized spacial score (nSPS) is 18.2. The zero-order valence-electron chi connectivity index (χ0n) is 12.2. The Balaban J connectivity index is 1.99. The molecule has 1 aromatic carbocycles. The molecule has 20 heavy (non-hydrogen) atoms. The summed E-state index contributed by atoms with van der Waals surface area (Å²) < 4.78 is 21.7. The molecule has 1 unspecified atom stereocenters. The fourth-order valence-electron chi connectivity index (χ4n) is 2.12. The zero-order valence-corrected chi connectivity index (χ0v) is 12.2. The maximum Gasteiger partial charge on any atom is 0.124 e. The van der Waals surface area contributed by atoms with Gasteiger partial charge in [0.2, 0.25) is 0 Å². The van der Waals surface area contributed by atoms with Crippen molar-refractivity contribution in [1.82, 2.24) is 5.32 Å². The minimum absolute atomic E-state index is 0.154. The summed E-state index contributed by atoms with van der Waals surface area (Å²) in [5, 5.41) is 3.33. The number of methoxy groups -OCH3 is 2. The number of nitrogens with one attached hydrogen (secondary N) is 1. The lowest BCUT2D eigenvalue weighted by atomic mass is 10.1. The topological polar surface area (TPSA) is 49.0 Å². The van der Waals surface area contributed by atoms with E-state index in [1.807, 2.05) is 18.2 Å². The Hall–Kier alpha value is -1.30. The molecule has 1 aliphatic heterocycles. The van der Waals surface area contributed by atoms with Crippen LogP contribution in [-0.2, 0) is 16.0 Å². The first-order chi connectivity index (χ1) is 9.83. The van der Waals surface area contributed by atoms with E-state index < -0.39 is 0 Å². The summed E-state index contributed by atoms with van der Waals surface area (Å²) >= 11 is 0. The van der Waals surface area contributed by atoms with Crippen molar-refractivity contribution in [2.45, 2.75) is 19.1 Å². The Morgan fingerprint density at radius 3 is 2.95 bits per heavy atom. The van der Waals surface area contributed by atoms with Crippen molar-refractivity contribution >= 4 is 0 Å². The van der Waals surface area contributed by atoms with E-state index in [0.29, 0.717) is 13.2 Å². The molecule has 1 aromatic rings. The van der Waals surface area contributed by atoms with Crippen molar-refractivity contribution in [3.63, 3.8) is 0 Å². The van der Waals surface area contributed by atoms with E-state index in [2.05, 4.69) is 5.32 Å². The molecule has 1 fully saturated rings.